The minimum Gasteiger partial charge on any atom is -0.349 e. The van der Waals surface area contributed by atoms with Gasteiger partial charge in [0.1, 0.15) is 5.52 Å². The van der Waals surface area contributed by atoms with Gasteiger partial charge in [-0.15, -0.1) is 0 Å². The summed E-state index contributed by atoms with van der Waals surface area (Å²) in [5.74, 6) is 0.403. The monoisotopic (exact) mass is 325 g/mol. The van der Waals surface area contributed by atoms with Crippen LogP contribution in [0.3, 0.4) is 0 Å². The van der Waals surface area contributed by atoms with Gasteiger partial charge in [0, 0.05) is 43.6 Å². The third-order valence-corrected chi connectivity index (χ3v) is 4.65. The smallest absolute Gasteiger partial charge is 0.253 e. The van der Waals surface area contributed by atoms with E-state index in [1.54, 1.807) is 18.5 Å². The molecule has 2 aromatic heterocycles. The Kier molecular flexibility index (Phi) is 3.84. The largest absolute Gasteiger partial charge is 0.349 e. The standard InChI is InChI=1S/C17H19N5O2/c23-16(12-9-14-15(20-10-12)19-6-5-18-14)21-13-3-7-22(8-4-13)17(24)11-1-2-11/h5-6,9-11,13H,1-4,7-8H2,(H,21,23). The van der Waals surface area contributed by atoms with Crippen molar-refractivity contribution < 1.29 is 9.59 Å². The maximum atomic E-state index is 12.4. The van der Waals surface area contributed by atoms with Crippen LogP contribution in [0.25, 0.3) is 11.2 Å². The van der Waals surface area contributed by atoms with Gasteiger partial charge in [0.2, 0.25) is 5.91 Å². The van der Waals surface area contributed by atoms with Gasteiger partial charge in [-0.1, -0.05) is 0 Å². The number of carbonyl (C=O) groups excluding carboxylic acids is 2. The van der Waals surface area contributed by atoms with Gasteiger partial charge in [0.15, 0.2) is 5.65 Å². The second-order valence-corrected chi connectivity index (χ2v) is 6.47. The van der Waals surface area contributed by atoms with E-state index in [1.807, 2.05) is 4.90 Å². The number of aromatic nitrogens is 3. The molecule has 1 saturated carbocycles. The summed E-state index contributed by atoms with van der Waals surface area (Å²) in [6, 6.07) is 1.80. The van der Waals surface area contributed by atoms with Crippen LogP contribution in [0.5, 0.6) is 0 Å². The molecule has 124 valence electrons. The summed E-state index contributed by atoms with van der Waals surface area (Å²) in [6.45, 7) is 1.45. The van der Waals surface area contributed by atoms with Crippen molar-refractivity contribution in [3.63, 3.8) is 0 Å². The van der Waals surface area contributed by atoms with Crippen LogP contribution in [0.4, 0.5) is 0 Å². The van der Waals surface area contributed by atoms with Crippen molar-refractivity contribution in [3.8, 4) is 0 Å². The van der Waals surface area contributed by atoms with Gasteiger partial charge in [-0.2, -0.15) is 0 Å². The van der Waals surface area contributed by atoms with E-state index in [0.29, 0.717) is 16.7 Å². The number of nitrogens with one attached hydrogen (secondary N) is 1. The van der Waals surface area contributed by atoms with E-state index in [-0.39, 0.29) is 23.8 Å². The van der Waals surface area contributed by atoms with Gasteiger partial charge in [0.05, 0.1) is 5.56 Å². The Morgan fingerprint density at radius 1 is 1.04 bits per heavy atom. The normalized spacial score (nSPS) is 18.6. The summed E-state index contributed by atoms with van der Waals surface area (Å²) in [4.78, 5) is 38.8. The van der Waals surface area contributed by atoms with Crippen LogP contribution in [0.2, 0.25) is 0 Å². The Morgan fingerprint density at radius 3 is 2.54 bits per heavy atom. The van der Waals surface area contributed by atoms with Crippen molar-refractivity contribution in [1.29, 1.82) is 0 Å². The predicted molar refractivity (Wildman–Crippen MR) is 87.1 cm³/mol. The summed E-state index contributed by atoms with van der Waals surface area (Å²) in [6.07, 6.45) is 8.35. The number of hydrogen-bond acceptors (Lipinski definition) is 5. The van der Waals surface area contributed by atoms with Crippen molar-refractivity contribution in [3.05, 3.63) is 30.2 Å². The van der Waals surface area contributed by atoms with Gasteiger partial charge in [-0.05, 0) is 31.7 Å². The minimum absolute atomic E-state index is 0.0957. The molecular formula is C17H19N5O2. The first-order chi connectivity index (χ1) is 11.7. The van der Waals surface area contributed by atoms with E-state index in [4.69, 9.17) is 0 Å². The summed E-state index contributed by atoms with van der Waals surface area (Å²) >= 11 is 0. The molecule has 3 heterocycles. The summed E-state index contributed by atoms with van der Waals surface area (Å²) in [5.41, 5.74) is 1.62. The number of hydrogen-bond donors (Lipinski definition) is 1. The van der Waals surface area contributed by atoms with Crippen molar-refractivity contribution in [1.82, 2.24) is 25.2 Å². The molecule has 0 unspecified atom stereocenters. The molecule has 1 aliphatic carbocycles. The SMILES string of the molecule is O=C(NC1CCN(C(=O)C2CC2)CC1)c1cnc2nccnc2c1. The Balaban J connectivity index is 1.36. The zero-order chi connectivity index (χ0) is 16.5. The molecule has 1 N–H and O–H groups in total. The summed E-state index contributed by atoms with van der Waals surface area (Å²) < 4.78 is 0. The zero-order valence-corrected chi connectivity index (χ0v) is 13.3. The summed E-state index contributed by atoms with van der Waals surface area (Å²) in [5, 5.41) is 3.04. The van der Waals surface area contributed by atoms with E-state index < -0.39 is 0 Å². The highest BCUT2D eigenvalue weighted by Crippen LogP contribution is 2.31. The Bertz CT molecular complexity index is 781. The second kappa shape index (κ2) is 6.14. The quantitative estimate of drug-likeness (QED) is 0.915. The molecule has 1 aliphatic heterocycles. The zero-order valence-electron chi connectivity index (χ0n) is 13.3. The van der Waals surface area contributed by atoms with Gasteiger partial charge in [-0.3, -0.25) is 14.6 Å². The maximum Gasteiger partial charge on any atom is 0.253 e. The highest BCUT2D eigenvalue weighted by atomic mass is 16.2. The lowest BCUT2D eigenvalue weighted by Gasteiger charge is -2.32. The van der Waals surface area contributed by atoms with Gasteiger partial charge in [0.25, 0.3) is 5.91 Å². The van der Waals surface area contributed by atoms with Crippen LogP contribution in [-0.2, 0) is 4.79 Å². The molecule has 1 saturated heterocycles. The fraction of sp³-hybridized carbons (Fsp3) is 0.471. The van der Waals surface area contributed by atoms with Gasteiger partial charge >= 0.3 is 0 Å². The first-order valence-corrected chi connectivity index (χ1v) is 8.37. The second-order valence-electron chi connectivity index (χ2n) is 6.47. The predicted octanol–water partition coefficient (Wildman–Crippen LogP) is 1.16. The van der Waals surface area contributed by atoms with E-state index >= 15 is 0 Å². The first-order valence-electron chi connectivity index (χ1n) is 8.37. The fourth-order valence-corrected chi connectivity index (χ4v) is 3.08. The summed E-state index contributed by atoms with van der Waals surface area (Å²) in [7, 11) is 0. The number of pyridine rings is 1. The molecule has 2 fully saturated rings. The van der Waals surface area contributed by atoms with Crippen LogP contribution in [-0.4, -0.2) is 50.8 Å². The molecule has 7 heteroatoms. The number of carbonyl (C=O) groups is 2. The average molecular weight is 325 g/mol. The molecule has 0 atom stereocenters. The highest BCUT2D eigenvalue weighted by Gasteiger charge is 2.35. The number of rotatable bonds is 3. The third kappa shape index (κ3) is 3.06. The number of amides is 2. The Labute approximate surface area is 139 Å². The molecule has 0 spiro atoms. The highest BCUT2D eigenvalue weighted by molar-refractivity contribution is 5.96. The number of fused-ring (bicyclic) bond motifs is 1. The van der Waals surface area contributed by atoms with Crippen LogP contribution < -0.4 is 5.32 Å². The van der Waals surface area contributed by atoms with Crippen LogP contribution in [0.1, 0.15) is 36.0 Å². The van der Waals surface area contributed by atoms with Crippen LogP contribution in [0.15, 0.2) is 24.7 Å². The molecule has 2 amide bonds. The third-order valence-electron chi connectivity index (χ3n) is 4.65. The number of nitrogens with zero attached hydrogens (tertiary/aromatic N) is 4. The molecule has 0 aromatic carbocycles. The van der Waals surface area contributed by atoms with E-state index in [9.17, 15) is 9.59 Å². The average Bonchev–Trinajstić information content (AvgIpc) is 3.46. The maximum absolute atomic E-state index is 12.4. The number of likely N-dealkylation sites (tertiary alicyclic amines) is 1. The molecule has 2 aromatic rings. The molecule has 2 aliphatic rings. The van der Waals surface area contributed by atoms with Gasteiger partial charge < -0.3 is 10.2 Å². The Hall–Kier alpha value is -2.57. The number of piperidine rings is 1. The van der Waals surface area contributed by atoms with E-state index in [0.717, 1.165) is 38.8 Å². The van der Waals surface area contributed by atoms with Crippen molar-refractivity contribution in [2.45, 2.75) is 31.7 Å². The topological polar surface area (TPSA) is 88.1 Å². The van der Waals surface area contributed by atoms with Crippen LogP contribution >= 0.6 is 0 Å². The molecule has 0 bridgehead atoms. The molecular weight excluding hydrogens is 306 g/mol. The van der Waals surface area contributed by atoms with Crippen molar-refractivity contribution in [2.24, 2.45) is 5.92 Å². The fourth-order valence-electron chi connectivity index (χ4n) is 3.08. The van der Waals surface area contributed by atoms with Crippen molar-refractivity contribution in [2.75, 3.05) is 13.1 Å². The van der Waals surface area contributed by atoms with Gasteiger partial charge in [-0.25, -0.2) is 9.97 Å². The molecule has 24 heavy (non-hydrogen) atoms. The molecule has 7 nitrogen and oxygen atoms in total. The Morgan fingerprint density at radius 2 is 1.79 bits per heavy atom. The lowest BCUT2D eigenvalue weighted by Crippen LogP contribution is -2.47. The first kappa shape index (κ1) is 15.0. The molecule has 4 rings (SSSR count). The lowest BCUT2D eigenvalue weighted by atomic mass is 10.0. The van der Waals surface area contributed by atoms with E-state index in [2.05, 4.69) is 20.3 Å². The minimum atomic E-state index is -0.151. The van der Waals surface area contributed by atoms with Crippen LogP contribution in [0, 0.1) is 5.92 Å². The molecule has 0 radical (unpaired) electrons. The lowest BCUT2D eigenvalue weighted by molar-refractivity contribution is -0.133. The van der Waals surface area contributed by atoms with Crippen molar-refractivity contribution >= 4 is 23.0 Å². The van der Waals surface area contributed by atoms with E-state index in [1.165, 1.54) is 6.20 Å².